The Bertz CT molecular complexity index is 7080. The van der Waals surface area contributed by atoms with E-state index >= 15 is 0 Å². The van der Waals surface area contributed by atoms with Gasteiger partial charge in [0.2, 0.25) is 0 Å². The topological polar surface area (TPSA) is 25.8 Å². The molecule has 0 amide bonds. The van der Waals surface area contributed by atoms with E-state index in [0.717, 1.165) is 0 Å². The summed E-state index contributed by atoms with van der Waals surface area (Å²) in [5.41, 5.74) is 8.53. The lowest BCUT2D eigenvalue weighted by molar-refractivity contribution is 0.707. The van der Waals surface area contributed by atoms with Gasteiger partial charge in [-0.05, 0) is 349 Å². The number of rotatable bonds is 2. The highest BCUT2D eigenvalue weighted by Gasteiger charge is 2.95. The number of pyridine rings is 2. The molecule has 28 aromatic carbocycles. The van der Waals surface area contributed by atoms with Crippen LogP contribution in [0.25, 0.3) is 291 Å². The molecule has 2 aromatic heterocycles. The molecule has 30 aromatic rings. The van der Waals surface area contributed by atoms with Gasteiger partial charge < -0.3 is 0 Å². The standard InChI is InChI=1S/C71H8N2/c1-5-72-6-2-9(1)69(10-3-7-73-8-4-10)70-65-57-49-39-29-21-13-11-12-15-19-17(13)25-33-27(19)37-31-23(15)24-16(12)20-18-14(11)22(21)30-36-26(18)34-28(20)38-32(24)42-41(31)51-45(37)55-47(33)53(43(49)35(25)29)61(65)63(55)67-59(51)60-52(42)46(38)56-48(34)54-44(36)50(40(30)39)58(57)66(70)62(54)64(56)68(60)71(67,69)70/h1-8H. The number of hydrogen-bond acceptors (Lipinski definition) is 2. The monoisotopic (exact) mass is 888 g/mol. The van der Waals surface area contributed by atoms with E-state index in [1.807, 2.05) is 0 Å². The van der Waals surface area contributed by atoms with E-state index in [1.165, 1.54) is 11.1 Å². The molecule has 0 bridgehead atoms. The normalized spacial score (nSPS) is 19.8. The number of aromatic nitrogens is 2. The molecule has 73 heavy (non-hydrogen) atoms. The lowest BCUT2D eigenvalue weighted by atomic mass is 9.68. The van der Waals surface area contributed by atoms with Crippen LogP contribution in [0.2, 0.25) is 0 Å². The summed E-state index contributed by atoms with van der Waals surface area (Å²) in [6, 6.07) is 9.91. The first kappa shape index (κ1) is 26.8. The summed E-state index contributed by atoms with van der Waals surface area (Å²) in [6.45, 7) is 0. The summed E-state index contributed by atoms with van der Waals surface area (Å²) in [7, 11) is 0. The lowest BCUT2D eigenvalue weighted by Gasteiger charge is -2.32. The van der Waals surface area contributed by atoms with E-state index in [9.17, 15) is 0 Å². The highest BCUT2D eigenvalue weighted by Crippen LogP contribution is 2.97. The van der Waals surface area contributed by atoms with Crippen LogP contribution in [-0.2, 0) is 16.2 Å². The maximum Gasteiger partial charge on any atom is 0.0528 e. The largest absolute Gasteiger partial charge is 0.265 e. The van der Waals surface area contributed by atoms with E-state index in [2.05, 4.69) is 49.1 Å². The third-order valence-corrected chi connectivity index (χ3v) is 26.6. The molecular formula is C71H8N2. The summed E-state index contributed by atoms with van der Waals surface area (Å²) in [6.07, 6.45) is 8.57. The first-order valence-electron chi connectivity index (χ1n) is 27.0. The first-order valence-corrected chi connectivity index (χ1v) is 27.0. The quantitative estimate of drug-likeness (QED) is 0.162. The molecule has 35 rings (SSSR count). The van der Waals surface area contributed by atoms with E-state index in [4.69, 9.17) is 9.97 Å². The average Bonchev–Trinajstić information content (AvgIpc) is 2.61. The van der Waals surface area contributed by atoms with Crippen LogP contribution < -0.4 is 0 Å². The second kappa shape index (κ2) is 6.06. The first-order chi connectivity index (χ1) is 36.4. The van der Waals surface area contributed by atoms with Gasteiger partial charge in [0.25, 0.3) is 0 Å². The van der Waals surface area contributed by atoms with Crippen LogP contribution in [0.1, 0.15) is 33.4 Å². The Labute approximate surface area is 397 Å². The molecule has 0 saturated heterocycles. The van der Waals surface area contributed by atoms with Crippen LogP contribution in [0.3, 0.4) is 0 Å². The van der Waals surface area contributed by atoms with Gasteiger partial charge in [-0.3, -0.25) is 9.97 Å². The van der Waals surface area contributed by atoms with Crippen LogP contribution in [0.5, 0.6) is 0 Å². The minimum Gasteiger partial charge on any atom is -0.265 e. The van der Waals surface area contributed by atoms with E-state index in [1.54, 1.807) is 313 Å². The van der Waals surface area contributed by atoms with Crippen molar-refractivity contribution in [3.63, 3.8) is 0 Å². The molecule has 5 aliphatic rings. The predicted molar refractivity (Wildman–Crippen MR) is 303 cm³/mol. The van der Waals surface area contributed by atoms with Crippen molar-refractivity contribution < 1.29 is 0 Å². The minimum atomic E-state index is -0.448. The summed E-state index contributed by atoms with van der Waals surface area (Å²) in [5, 5.41) is 89.0. The van der Waals surface area contributed by atoms with Gasteiger partial charge in [0.05, 0.1) is 16.2 Å². The molecular weight excluding hydrogens is 881 g/mol. The van der Waals surface area contributed by atoms with Gasteiger partial charge >= 0.3 is 0 Å². The average molecular weight is 889 g/mol. The molecule has 0 N–H and O–H groups in total. The maximum atomic E-state index is 4.88. The summed E-state index contributed by atoms with van der Waals surface area (Å²) in [5.74, 6) is 0. The zero-order valence-corrected chi connectivity index (χ0v) is 37.0. The van der Waals surface area contributed by atoms with Crippen molar-refractivity contribution in [2.24, 2.45) is 0 Å². The third kappa shape index (κ3) is 1.39. The molecule has 1 saturated carbocycles. The van der Waals surface area contributed by atoms with Gasteiger partial charge in [0.1, 0.15) is 0 Å². The van der Waals surface area contributed by atoms with Gasteiger partial charge in [0, 0.05) is 24.8 Å². The Morgan fingerprint density at radius 1 is 0.151 bits per heavy atom. The summed E-state index contributed by atoms with van der Waals surface area (Å²) in [4.78, 5) is 9.77. The molecule has 302 valence electrons. The summed E-state index contributed by atoms with van der Waals surface area (Å²) >= 11 is 0. The fraction of sp³-hybridized carbons (Fsp3) is 0.0423. The number of hydrogen-bond donors (Lipinski definition) is 0. The maximum absolute atomic E-state index is 4.88. The summed E-state index contributed by atoms with van der Waals surface area (Å²) < 4.78 is 0. The van der Waals surface area contributed by atoms with E-state index in [0.29, 0.717) is 0 Å². The van der Waals surface area contributed by atoms with Crippen molar-refractivity contribution >= 4 is 291 Å². The van der Waals surface area contributed by atoms with Crippen LogP contribution in [0, 0.1) is 0 Å². The fourth-order valence-electron chi connectivity index (χ4n) is 26.8. The molecule has 5 aliphatic carbocycles. The second-order valence-corrected chi connectivity index (χ2v) is 26.5. The Morgan fingerprint density at radius 2 is 0.274 bits per heavy atom. The fourth-order valence-corrected chi connectivity index (χ4v) is 26.8. The van der Waals surface area contributed by atoms with E-state index < -0.39 is 5.41 Å². The predicted octanol–water partition coefficient (Wildman–Crippen LogP) is 18.1. The Hall–Kier alpha value is -9.24. The van der Waals surface area contributed by atoms with Crippen LogP contribution in [0.15, 0.2) is 49.1 Å². The molecule has 0 radical (unpaired) electrons. The van der Waals surface area contributed by atoms with Crippen molar-refractivity contribution in [3.05, 3.63) is 82.4 Å². The van der Waals surface area contributed by atoms with Crippen molar-refractivity contribution in [2.45, 2.75) is 16.2 Å². The smallest absolute Gasteiger partial charge is 0.0528 e. The molecule has 1 fully saturated rings. The lowest BCUT2D eigenvalue weighted by Crippen LogP contribution is -2.27. The molecule has 2 spiro atoms. The zero-order valence-electron chi connectivity index (χ0n) is 37.0. The molecule has 2 nitrogen and oxygen atoms in total. The molecule has 2 heteroatoms. The molecule has 0 atom stereocenters. The number of benzene rings is 18. The Kier molecular flexibility index (Phi) is 2.23. The zero-order chi connectivity index (χ0) is 43.2. The van der Waals surface area contributed by atoms with Gasteiger partial charge in [-0.15, -0.1) is 0 Å². The van der Waals surface area contributed by atoms with Crippen LogP contribution in [-0.4, -0.2) is 9.97 Å². The Morgan fingerprint density at radius 3 is 0.411 bits per heavy atom. The van der Waals surface area contributed by atoms with Gasteiger partial charge in [-0.2, -0.15) is 0 Å². The van der Waals surface area contributed by atoms with Crippen LogP contribution in [0.4, 0.5) is 0 Å². The second-order valence-electron chi connectivity index (χ2n) is 26.5. The molecule has 2 heterocycles. The van der Waals surface area contributed by atoms with Crippen molar-refractivity contribution in [3.8, 4) is 0 Å². The highest BCUT2D eigenvalue weighted by atomic mass is 14.9. The highest BCUT2D eigenvalue weighted by molar-refractivity contribution is 6.82. The van der Waals surface area contributed by atoms with Gasteiger partial charge in [-0.25, -0.2) is 0 Å². The van der Waals surface area contributed by atoms with Gasteiger partial charge in [0.15, 0.2) is 0 Å². The molecule has 0 aliphatic heterocycles. The third-order valence-electron chi connectivity index (χ3n) is 26.6. The Balaban J connectivity index is 1.16. The van der Waals surface area contributed by atoms with Crippen LogP contribution >= 0.6 is 0 Å². The molecule has 0 unspecified atom stereocenters. The number of nitrogens with zero attached hydrogens (tertiary/aromatic N) is 2. The van der Waals surface area contributed by atoms with E-state index in [-0.39, 0.29) is 10.8 Å². The van der Waals surface area contributed by atoms with Gasteiger partial charge in [-0.1, -0.05) is 0 Å². The van der Waals surface area contributed by atoms with Crippen molar-refractivity contribution in [1.82, 2.24) is 9.97 Å². The minimum absolute atomic E-state index is 0.381. The SMILES string of the molecule is c1cc(C2(c3ccncc3)C34c5c6c7c8c9c%10c(c%11c%12c3c3c5c5c%13c6c6c7c7c9c9c%14c%10c%10c%11c%11c%12c%12c3c3c5c5c%13c%13c6c6c7c9c7c9c%14c%10c%10c%11c%11c%12c3c3c5c5c%13c6c7c6c9c%10c%11c3c56)C824)ccn1. The van der Waals surface area contributed by atoms with Crippen molar-refractivity contribution in [2.75, 3.05) is 0 Å². The van der Waals surface area contributed by atoms with Crippen molar-refractivity contribution in [1.29, 1.82) is 0 Å².